The average Bonchev–Trinajstić information content (AvgIpc) is 2.81. The summed E-state index contributed by atoms with van der Waals surface area (Å²) in [5.41, 5.74) is 8.66. The van der Waals surface area contributed by atoms with Crippen LogP contribution >= 0.6 is 11.8 Å². The molecule has 17 heavy (non-hydrogen) atoms. The lowest BCUT2D eigenvalue weighted by atomic mass is 10.0. The predicted octanol–water partition coefficient (Wildman–Crippen LogP) is 2.52. The Bertz CT molecular complexity index is 359. The second-order valence-corrected chi connectivity index (χ2v) is 6.09. The van der Waals surface area contributed by atoms with Gasteiger partial charge < -0.3 is 10.6 Å². The molecule has 1 aromatic carbocycles. The summed E-state index contributed by atoms with van der Waals surface area (Å²) in [6.07, 6.45) is 2.26. The van der Waals surface area contributed by atoms with E-state index in [-0.39, 0.29) is 6.04 Å². The van der Waals surface area contributed by atoms with Gasteiger partial charge in [-0.25, -0.2) is 0 Å². The third-order valence-electron chi connectivity index (χ3n) is 3.37. The summed E-state index contributed by atoms with van der Waals surface area (Å²) in [7, 11) is 2.22. The molecule has 2 atom stereocenters. The fraction of sp³-hybridized carbons (Fsp3) is 0.571. The van der Waals surface area contributed by atoms with Crippen molar-refractivity contribution in [3.63, 3.8) is 0 Å². The second-order valence-electron chi connectivity index (χ2n) is 4.94. The van der Waals surface area contributed by atoms with Crippen LogP contribution in [0.5, 0.6) is 0 Å². The smallest absolute Gasteiger partial charge is 0.0399 e. The fourth-order valence-electron chi connectivity index (χ4n) is 2.40. The minimum Gasteiger partial charge on any atom is -0.371 e. The Morgan fingerprint density at radius 3 is 2.88 bits per heavy atom. The second kappa shape index (κ2) is 5.78. The number of benzene rings is 1. The van der Waals surface area contributed by atoms with Crippen LogP contribution in [0.15, 0.2) is 24.3 Å². The van der Waals surface area contributed by atoms with Crippen LogP contribution in [0.4, 0.5) is 5.69 Å². The molecule has 94 valence electrons. The number of rotatable bonds is 4. The van der Waals surface area contributed by atoms with Crippen molar-refractivity contribution in [2.75, 3.05) is 23.5 Å². The van der Waals surface area contributed by atoms with Crippen LogP contribution < -0.4 is 10.6 Å². The normalized spacial score (nSPS) is 21.5. The molecule has 1 heterocycles. The van der Waals surface area contributed by atoms with E-state index in [1.54, 1.807) is 0 Å². The highest BCUT2D eigenvalue weighted by molar-refractivity contribution is 7.99. The summed E-state index contributed by atoms with van der Waals surface area (Å²) in [4.78, 5) is 2.44. The number of anilines is 1. The van der Waals surface area contributed by atoms with Gasteiger partial charge in [-0.1, -0.05) is 18.2 Å². The molecule has 0 radical (unpaired) electrons. The van der Waals surface area contributed by atoms with Crippen molar-refractivity contribution in [1.29, 1.82) is 0 Å². The summed E-state index contributed by atoms with van der Waals surface area (Å²) in [5.74, 6) is 2.55. The van der Waals surface area contributed by atoms with Crippen LogP contribution in [-0.2, 0) is 6.42 Å². The van der Waals surface area contributed by atoms with Crippen LogP contribution in [0.2, 0.25) is 0 Å². The van der Waals surface area contributed by atoms with Gasteiger partial charge in [0.15, 0.2) is 0 Å². The Hall–Kier alpha value is -0.670. The van der Waals surface area contributed by atoms with Gasteiger partial charge in [-0.05, 0) is 37.1 Å². The van der Waals surface area contributed by atoms with Gasteiger partial charge >= 0.3 is 0 Å². The first kappa shape index (κ1) is 12.8. The standard InChI is InChI=1S/C14H22N2S/c1-11(15)9-12-5-3-4-6-14(12)16(2)13-7-8-17-10-13/h3-6,11,13H,7-10,15H2,1-2H3. The van der Waals surface area contributed by atoms with Gasteiger partial charge in [0.2, 0.25) is 0 Å². The third-order valence-corrected chi connectivity index (χ3v) is 4.51. The van der Waals surface area contributed by atoms with E-state index in [0.29, 0.717) is 6.04 Å². The quantitative estimate of drug-likeness (QED) is 0.890. The highest BCUT2D eigenvalue weighted by Crippen LogP contribution is 2.28. The van der Waals surface area contributed by atoms with Crippen molar-refractivity contribution in [3.05, 3.63) is 29.8 Å². The van der Waals surface area contributed by atoms with E-state index in [1.165, 1.54) is 29.2 Å². The van der Waals surface area contributed by atoms with Crippen molar-refractivity contribution < 1.29 is 0 Å². The van der Waals surface area contributed by atoms with Crippen molar-refractivity contribution >= 4 is 17.4 Å². The predicted molar refractivity (Wildman–Crippen MR) is 77.9 cm³/mol. The maximum atomic E-state index is 5.92. The molecule has 1 aliphatic rings. The highest BCUT2D eigenvalue weighted by atomic mass is 32.2. The molecular formula is C14H22N2S. The van der Waals surface area contributed by atoms with E-state index in [4.69, 9.17) is 5.73 Å². The fourth-order valence-corrected chi connectivity index (χ4v) is 3.67. The molecule has 0 spiro atoms. The van der Waals surface area contributed by atoms with Crippen LogP contribution in [0.1, 0.15) is 18.9 Å². The molecule has 0 aliphatic carbocycles. The molecule has 2 rings (SSSR count). The maximum absolute atomic E-state index is 5.92. The molecule has 2 nitrogen and oxygen atoms in total. The number of nitrogens with two attached hydrogens (primary N) is 1. The Labute approximate surface area is 109 Å². The Kier molecular flexibility index (Phi) is 4.35. The van der Waals surface area contributed by atoms with E-state index in [2.05, 4.69) is 54.9 Å². The van der Waals surface area contributed by atoms with E-state index in [1.807, 2.05) is 0 Å². The SMILES string of the molecule is CC(N)Cc1ccccc1N(C)C1CCSC1. The molecule has 1 saturated heterocycles. The van der Waals surface area contributed by atoms with Crippen molar-refractivity contribution in [2.45, 2.75) is 31.8 Å². The first-order valence-corrected chi connectivity index (χ1v) is 7.48. The minimum atomic E-state index is 0.225. The van der Waals surface area contributed by atoms with Gasteiger partial charge in [-0.2, -0.15) is 11.8 Å². The monoisotopic (exact) mass is 250 g/mol. The molecule has 2 N–H and O–H groups in total. The average molecular weight is 250 g/mol. The van der Waals surface area contributed by atoms with Gasteiger partial charge in [0, 0.05) is 30.6 Å². The van der Waals surface area contributed by atoms with Gasteiger partial charge in [-0.3, -0.25) is 0 Å². The van der Waals surface area contributed by atoms with Crippen LogP contribution in [0.25, 0.3) is 0 Å². The van der Waals surface area contributed by atoms with Gasteiger partial charge in [-0.15, -0.1) is 0 Å². The van der Waals surface area contributed by atoms with Gasteiger partial charge in [0.1, 0.15) is 0 Å². The minimum absolute atomic E-state index is 0.225. The van der Waals surface area contributed by atoms with E-state index >= 15 is 0 Å². The molecule has 1 aliphatic heterocycles. The largest absolute Gasteiger partial charge is 0.371 e. The highest BCUT2D eigenvalue weighted by Gasteiger charge is 2.21. The Morgan fingerprint density at radius 2 is 2.24 bits per heavy atom. The zero-order chi connectivity index (χ0) is 12.3. The molecule has 2 unspecified atom stereocenters. The van der Waals surface area contributed by atoms with Crippen molar-refractivity contribution in [3.8, 4) is 0 Å². The summed E-state index contributed by atoms with van der Waals surface area (Å²) in [6, 6.07) is 9.58. The number of hydrogen-bond donors (Lipinski definition) is 1. The Balaban J connectivity index is 2.18. The van der Waals surface area contributed by atoms with Gasteiger partial charge in [0.25, 0.3) is 0 Å². The number of thioether (sulfide) groups is 1. The Morgan fingerprint density at radius 1 is 1.47 bits per heavy atom. The molecule has 3 heteroatoms. The van der Waals surface area contributed by atoms with E-state index < -0.39 is 0 Å². The third kappa shape index (κ3) is 3.17. The number of nitrogens with zero attached hydrogens (tertiary/aromatic N) is 1. The molecular weight excluding hydrogens is 228 g/mol. The molecule has 0 amide bonds. The van der Waals surface area contributed by atoms with Crippen LogP contribution in [-0.4, -0.2) is 30.6 Å². The zero-order valence-electron chi connectivity index (χ0n) is 10.7. The summed E-state index contributed by atoms with van der Waals surface area (Å²) >= 11 is 2.06. The van der Waals surface area contributed by atoms with E-state index in [0.717, 1.165) is 6.42 Å². The lowest BCUT2D eigenvalue weighted by Crippen LogP contribution is -2.32. The van der Waals surface area contributed by atoms with Crippen molar-refractivity contribution in [1.82, 2.24) is 0 Å². The first-order valence-electron chi connectivity index (χ1n) is 6.32. The summed E-state index contributed by atoms with van der Waals surface area (Å²) in [5, 5.41) is 0. The molecule has 0 saturated carbocycles. The van der Waals surface area contributed by atoms with Crippen LogP contribution in [0.3, 0.4) is 0 Å². The molecule has 1 aromatic rings. The van der Waals surface area contributed by atoms with Crippen LogP contribution in [0, 0.1) is 0 Å². The number of para-hydroxylation sites is 1. The molecule has 1 fully saturated rings. The number of hydrogen-bond acceptors (Lipinski definition) is 3. The zero-order valence-corrected chi connectivity index (χ0v) is 11.5. The summed E-state index contributed by atoms with van der Waals surface area (Å²) < 4.78 is 0. The maximum Gasteiger partial charge on any atom is 0.0399 e. The van der Waals surface area contributed by atoms with Crippen molar-refractivity contribution in [2.24, 2.45) is 5.73 Å². The summed E-state index contributed by atoms with van der Waals surface area (Å²) in [6.45, 7) is 2.07. The topological polar surface area (TPSA) is 29.3 Å². The van der Waals surface area contributed by atoms with Gasteiger partial charge in [0.05, 0.1) is 0 Å². The molecule has 0 aromatic heterocycles. The first-order chi connectivity index (χ1) is 8.18. The molecule has 0 bridgehead atoms. The lowest BCUT2D eigenvalue weighted by molar-refractivity contribution is 0.686. The van der Waals surface area contributed by atoms with E-state index in [9.17, 15) is 0 Å². The lowest BCUT2D eigenvalue weighted by Gasteiger charge is -2.28.